The molecule has 2 amide bonds. The Morgan fingerprint density at radius 2 is 1.71 bits per heavy atom. The van der Waals surface area contributed by atoms with Crippen LogP contribution in [0.25, 0.3) is 0 Å². The highest BCUT2D eigenvalue weighted by molar-refractivity contribution is 5.98. The van der Waals surface area contributed by atoms with Crippen LogP contribution in [0.1, 0.15) is 35.8 Å². The molecule has 126 valence electrons. The van der Waals surface area contributed by atoms with Crippen molar-refractivity contribution in [3.05, 3.63) is 65.7 Å². The second kappa shape index (κ2) is 8.15. The summed E-state index contributed by atoms with van der Waals surface area (Å²) in [5.41, 5.74) is 1.03. The zero-order valence-corrected chi connectivity index (χ0v) is 13.9. The number of amides is 2. The normalized spacial score (nSPS) is 11.6. The summed E-state index contributed by atoms with van der Waals surface area (Å²) in [6, 6.07) is 14.4. The molecular weight excluding hydrogens is 304 g/mol. The van der Waals surface area contributed by atoms with Gasteiger partial charge in [-0.05, 0) is 37.6 Å². The molecule has 2 N–H and O–H groups in total. The molecule has 1 atom stereocenters. The number of phenolic OH excluding ortho intramolecular Hbond substituents is 1. The summed E-state index contributed by atoms with van der Waals surface area (Å²) >= 11 is 0. The number of nitrogens with zero attached hydrogens (tertiary/aromatic N) is 1. The van der Waals surface area contributed by atoms with Crippen molar-refractivity contribution >= 4 is 11.8 Å². The topological polar surface area (TPSA) is 69.6 Å². The molecule has 0 aromatic heterocycles. The zero-order valence-electron chi connectivity index (χ0n) is 13.9. The Bertz CT molecular complexity index is 697. The Labute approximate surface area is 141 Å². The molecular formula is C19H22N2O3. The minimum Gasteiger partial charge on any atom is -0.508 e. The van der Waals surface area contributed by atoms with Crippen molar-refractivity contribution in [3.8, 4) is 5.75 Å². The Balaban J connectivity index is 2.29. The third kappa shape index (κ3) is 4.13. The lowest BCUT2D eigenvalue weighted by Gasteiger charge is -2.26. The van der Waals surface area contributed by atoms with Crippen LogP contribution in [0, 0.1) is 0 Å². The number of hydrogen-bond acceptors (Lipinski definition) is 3. The summed E-state index contributed by atoms with van der Waals surface area (Å²) in [4.78, 5) is 27.0. The average Bonchev–Trinajstić information content (AvgIpc) is 2.61. The number of likely N-dealkylation sites (N-methyl/N-ethyl adjacent to an activating group) is 1. The predicted octanol–water partition coefficient (Wildman–Crippen LogP) is 2.73. The van der Waals surface area contributed by atoms with Gasteiger partial charge in [-0.1, -0.05) is 36.4 Å². The molecule has 0 saturated carbocycles. The third-order valence-corrected chi connectivity index (χ3v) is 3.84. The van der Waals surface area contributed by atoms with Crippen molar-refractivity contribution in [2.75, 3.05) is 13.1 Å². The summed E-state index contributed by atoms with van der Waals surface area (Å²) < 4.78 is 0. The fourth-order valence-corrected chi connectivity index (χ4v) is 2.51. The van der Waals surface area contributed by atoms with Crippen LogP contribution in [-0.2, 0) is 4.79 Å². The molecule has 0 fully saturated rings. The van der Waals surface area contributed by atoms with Crippen LogP contribution >= 0.6 is 0 Å². The number of aromatic hydroxyl groups is 1. The number of carbonyl (C=O) groups excluding carboxylic acids is 2. The number of benzene rings is 2. The summed E-state index contributed by atoms with van der Waals surface area (Å²) in [7, 11) is 0. The Hall–Kier alpha value is -2.82. The highest BCUT2D eigenvalue weighted by atomic mass is 16.3. The molecule has 2 aromatic carbocycles. The smallest absolute Gasteiger partial charge is 0.252 e. The van der Waals surface area contributed by atoms with Gasteiger partial charge in [0, 0.05) is 18.7 Å². The Morgan fingerprint density at radius 1 is 1.04 bits per heavy atom. The van der Waals surface area contributed by atoms with Gasteiger partial charge < -0.3 is 15.3 Å². The molecule has 2 rings (SSSR count). The van der Waals surface area contributed by atoms with Crippen LogP contribution in [0.15, 0.2) is 54.6 Å². The number of phenols is 1. The molecule has 0 aliphatic carbocycles. The van der Waals surface area contributed by atoms with Crippen LogP contribution in [-0.4, -0.2) is 34.9 Å². The fraction of sp³-hybridized carbons (Fsp3) is 0.263. The van der Waals surface area contributed by atoms with E-state index in [2.05, 4.69) is 5.32 Å². The van der Waals surface area contributed by atoms with Gasteiger partial charge in [0.25, 0.3) is 5.91 Å². The van der Waals surface area contributed by atoms with Crippen molar-refractivity contribution in [3.63, 3.8) is 0 Å². The minimum absolute atomic E-state index is 0.00832. The van der Waals surface area contributed by atoms with Crippen LogP contribution in [0.4, 0.5) is 0 Å². The van der Waals surface area contributed by atoms with E-state index in [-0.39, 0.29) is 11.7 Å². The molecule has 0 heterocycles. The highest BCUT2D eigenvalue weighted by Gasteiger charge is 2.26. The van der Waals surface area contributed by atoms with E-state index in [4.69, 9.17) is 0 Å². The summed E-state index contributed by atoms with van der Waals surface area (Å²) in [5, 5.41) is 12.3. The third-order valence-electron chi connectivity index (χ3n) is 3.84. The van der Waals surface area contributed by atoms with E-state index >= 15 is 0 Å². The first-order valence-corrected chi connectivity index (χ1v) is 8.00. The van der Waals surface area contributed by atoms with Crippen molar-refractivity contribution in [1.29, 1.82) is 0 Å². The number of nitrogens with one attached hydrogen (secondary N) is 1. The van der Waals surface area contributed by atoms with Gasteiger partial charge >= 0.3 is 0 Å². The first kappa shape index (κ1) is 17.5. The van der Waals surface area contributed by atoms with Crippen LogP contribution < -0.4 is 5.32 Å². The lowest BCUT2D eigenvalue weighted by molar-refractivity contribution is -0.133. The van der Waals surface area contributed by atoms with Crippen molar-refractivity contribution < 1.29 is 14.7 Å². The highest BCUT2D eigenvalue weighted by Crippen LogP contribution is 2.18. The van der Waals surface area contributed by atoms with Gasteiger partial charge in [-0.15, -0.1) is 0 Å². The van der Waals surface area contributed by atoms with Gasteiger partial charge in [0.2, 0.25) is 5.91 Å². The Morgan fingerprint density at radius 3 is 2.29 bits per heavy atom. The van der Waals surface area contributed by atoms with E-state index in [1.807, 2.05) is 44.2 Å². The molecule has 5 nitrogen and oxygen atoms in total. The van der Waals surface area contributed by atoms with Gasteiger partial charge in [-0.2, -0.15) is 0 Å². The van der Waals surface area contributed by atoms with Gasteiger partial charge in [-0.3, -0.25) is 9.59 Å². The maximum atomic E-state index is 12.8. The molecule has 0 aliphatic rings. The van der Waals surface area contributed by atoms with Crippen LogP contribution in [0.2, 0.25) is 0 Å². The van der Waals surface area contributed by atoms with E-state index in [1.54, 1.807) is 17.0 Å². The van der Waals surface area contributed by atoms with Gasteiger partial charge in [0.05, 0.1) is 0 Å². The lowest BCUT2D eigenvalue weighted by Crippen LogP contribution is -2.42. The molecule has 2 aromatic rings. The summed E-state index contributed by atoms with van der Waals surface area (Å²) in [6.07, 6.45) is 0. The Kier molecular flexibility index (Phi) is 5.95. The monoisotopic (exact) mass is 326 g/mol. The maximum absolute atomic E-state index is 12.8. The second-order valence-electron chi connectivity index (χ2n) is 5.38. The maximum Gasteiger partial charge on any atom is 0.252 e. The molecule has 0 spiro atoms. The standard InChI is InChI=1S/C19H22N2O3/c1-3-21(4-2)19(24)17(14-9-6-5-7-10-14)20-18(23)15-11-8-12-16(22)13-15/h5-13,17,22H,3-4H2,1-2H3,(H,20,23)/t17-/m0/s1. The fourth-order valence-electron chi connectivity index (χ4n) is 2.51. The number of rotatable bonds is 6. The van der Waals surface area contributed by atoms with E-state index in [9.17, 15) is 14.7 Å². The number of hydrogen-bond donors (Lipinski definition) is 2. The van der Waals surface area contributed by atoms with Crippen molar-refractivity contribution in [1.82, 2.24) is 10.2 Å². The average molecular weight is 326 g/mol. The van der Waals surface area contributed by atoms with E-state index in [1.165, 1.54) is 12.1 Å². The quantitative estimate of drug-likeness (QED) is 0.857. The first-order chi connectivity index (χ1) is 11.6. The predicted molar refractivity (Wildman–Crippen MR) is 92.7 cm³/mol. The largest absolute Gasteiger partial charge is 0.508 e. The molecule has 0 unspecified atom stereocenters. The summed E-state index contributed by atoms with van der Waals surface area (Å²) in [6.45, 7) is 4.95. The SMILES string of the molecule is CCN(CC)C(=O)[C@@H](NC(=O)c1cccc(O)c1)c1ccccc1. The van der Waals surface area contributed by atoms with Gasteiger partial charge in [0.15, 0.2) is 0 Å². The molecule has 24 heavy (non-hydrogen) atoms. The van der Waals surface area contributed by atoms with E-state index in [0.29, 0.717) is 18.7 Å². The second-order valence-corrected chi connectivity index (χ2v) is 5.38. The lowest BCUT2D eigenvalue weighted by atomic mass is 10.0. The molecule has 0 bridgehead atoms. The summed E-state index contributed by atoms with van der Waals surface area (Å²) in [5.74, 6) is -0.547. The van der Waals surface area contributed by atoms with Gasteiger partial charge in [0.1, 0.15) is 11.8 Å². The van der Waals surface area contributed by atoms with Gasteiger partial charge in [-0.25, -0.2) is 0 Å². The van der Waals surface area contributed by atoms with Crippen molar-refractivity contribution in [2.45, 2.75) is 19.9 Å². The molecule has 0 radical (unpaired) electrons. The van der Waals surface area contributed by atoms with E-state index in [0.717, 1.165) is 5.56 Å². The zero-order chi connectivity index (χ0) is 17.5. The minimum atomic E-state index is -0.763. The number of carbonyl (C=O) groups is 2. The molecule has 5 heteroatoms. The molecule has 0 saturated heterocycles. The van der Waals surface area contributed by atoms with Crippen LogP contribution in [0.5, 0.6) is 5.75 Å². The van der Waals surface area contributed by atoms with Crippen molar-refractivity contribution in [2.24, 2.45) is 0 Å². The van der Waals surface area contributed by atoms with E-state index < -0.39 is 11.9 Å². The van der Waals surface area contributed by atoms with Crippen LogP contribution in [0.3, 0.4) is 0 Å². The molecule has 0 aliphatic heterocycles. The first-order valence-electron chi connectivity index (χ1n) is 8.00.